The Hall–Kier alpha value is -3.13. The smallest absolute Gasteiger partial charge is 0.257 e. The molecule has 0 spiro atoms. The lowest BCUT2D eigenvalue weighted by Crippen LogP contribution is -2.12. The van der Waals surface area contributed by atoms with Crippen molar-refractivity contribution in [2.75, 3.05) is 10.6 Å². The lowest BCUT2D eigenvalue weighted by atomic mass is 10.2. The van der Waals surface area contributed by atoms with Crippen molar-refractivity contribution >= 4 is 44.2 Å². The van der Waals surface area contributed by atoms with Gasteiger partial charge in [0.1, 0.15) is 0 Å². The Kier molecular flexibility index (Phi) is 4.53. The number of carbonyl (C=O) groups excluding carboxylic acids is 2. The van der Waals surface area contributed by atoms with E-state index in [0.717, 1.165) is 29.5 Å². The molecule has 0 saturated heterocycles. The number of nitrogens with zero attached hydrogens (tertiary/aromatic N) is 1. The maximum atomic E-state index is 13.2. The molecule has 3 aromatic rings. The van der Waals surface area contributed by atoms with E-state index in [1.807, 2.05) is 0 Å². The van der Waals surface area contributed by atoms with Crippen molar-refractivity contribution < 1.29 is 18.4 Å². The molecule has 1 heterocycles. The molecule has 126 valence electrons. The van der Waals surface area contributed by atoms with Gasteiger partial charge in [-0.05, 0) is 36.4 Å². The molecule has 2 N–H and O–H groups in total. The first kappa shape index (κ1) is 16.7. The highest BCUT2D eigenvalue weighted by Gasteiger charge is 2.12. The predicted octanol–water partition coefficient (Wildman–Crippen LogP) is 3.95. The third-order valence-corrected chi connectivity index (χ3v) is 4.18. The number of hydrogen-bond donors (Lipinski definition) is 2. The van der Waals surface area contributed by atoms with Crippen LogP contribution in [0.25, 0.3) is 10.2 Å². The van der Waals surface area contributed by atoms with Crippen LogP contribution in [0, 0.1) is 11.6 Å². The van der Waals surface area contributed by atoms with Crippen LogP contribution in [0.5, 0.6) is 0 Å². The van der Waals surface area contributed by atoms with Crippen molar-refractivity contribution in [3.63, 3.8) is 0 Å². The van der Waals surface area contributed by atoms with Crippen LogP contribution in [0.15, 0.2) is 49.1 Å². The Bertz CT molecular complexity index is 944. The Morgan fingerprint density at radius 3 is 2.44 bits per heavy atom. The molecule has 2 aromatic carbocycles. The summed E-state index contributed by atoms with van der Waals surface area (Å²) in [5.74, 6) is -2.74. The molecule has 0 radical (unpaired) electrons. The summed E-state index contributed by atoms with van der Waals surface area (Å²) in [6.45, 7) is 3.35. The van der Waals surface area contributed by atoms with Gasteiger partial charge in [0, 0.05) is 17.3 Å². The van der Waals surface area contributed by atoms with Crippen LogP contribution in [0.3, 0.4) is 0 Å². The number of carbonyl (C=O) groups is 2. The minimum Gasteiger partial charge on any atom is -0.323 e. The topological polar surface area (TPSA) is 71.1 Å². The summed E-state index contributed by atoms with van der Waals surface area (Å²) in [6.07, 6.45) is 1.14. The number of hydrogen-bond acceptors (Lipinski definition) is 4. The molecule has 2 amide bonds. The molecule has 0 saturated carbocycles. The lowest BCUT2D eigenvalue weighted by molar-refractivity contribution is -0.111. The first-order valence-corrected chi connectivity index (χ1v) is 7.88. The highest BCUT2D eigenvalue weighted by Crippen LogP contribution is 2.28. The van der Waals surface area contributed by atoms with E-state index in [9.17, 15) is 18.4 Å². The van der Waals surface area contributed by atoms with Crippen LogP contribution in [0.1, 0.15) is 10.4 Å². The van der Waals surface area contributed by atoms with Crippen molar-refractivity contribution in [1.29, 1.82) is 0 Å². The Morgan fingerprint density at radius 1 is 1.08 bits per heavy atom. The first-order chi connectivity index (χ1) is 12.0. The number of halogens is 2. The van der Waals surface area contributed by atoms with Gasteiger partial charge in [0.05, 0.1) is 10.2 Å². The molecular weight excluding hydrogens is 348 g/mol. The van der Waals surface area contributed by atoms with Crippen LogP contribution >= 0.6 is 11.3 Å². The highest BCUT2D eigenvalue weighted by molar-refractivity contribution is 7.22. The second kappa shape index (κ2) is 6.78. The van der Waals surface area contributed by atoms with E-state index in [1.165, 1.54) is 12.1 Å². The molecule has 0 unspecified atom stereocenters. The maximum absolute atomic E-state index is 13.2. The average Bonchev–Trinajstić information content (AvgIpc) is 2.96. The first-order valence-electron chi connectivity index (χ1n) is 7.06. The molecule has 8 heteroatoms. The zero-order valence-corrected chi connectivity index (χ0v) is 13.5. The summed E-state index contributed by atoms with van der Waals surface area (Å²) < 4.78 is 26.9. The van der Waals surface area contributed by atoms with Crippen LogP contribution < -0.4 is 10.6 Å². The minimum atomic E-state index is -0.993. The summed E-state index contributed by atoms with van der Waals surface area (Å²) in [4.78, 5) is 27.5. The molecule has 0 fully saturated rings. The molecule has 0 bridgehead atoms. The summed E-state index contributed by atoms with van der Waals surface area (Å²) in [5.41, 5.74) is 1.13. The molecule has 0 aliphatic carbocycles. The summed E-state index contributed by atoms with van der Waals surface area (Å²) >= 11 is 1.04. The number of thiazole rings is 1. The van der Waals surface area contributed by atoms with Crippen LogP contribution in [-0.2, 0) is 4.79 Å². The largest absolute Gasteiger partial charge is 0.323 e. The fourth-order valence-electron chi connectivity index (χ4n) is 2.04. The van der Waals surface area contributed by atoms with E-state index in [1.54, 1.807) is 12.1 Å². The lowest BCUT2D eigenvalue weighted by Gasteiger charge is -2.04. The number of fused-ring (bicyclic) bond motifs is 1. The van der Waals surface area contributed by atoms with E-state index >= 15 is 0 Å². The van der Waals surface area contributed by atoms with Gasteiger partial charge in [-0.25, -0.2) is 13.8 Å². The number of nitrogens with one attached hydrogen (secondary N) is 2. The predicted molar refractivity (Wildman–Crippen MR) is 92.8 cm³/mol. The van der Waals surface area contributed by atoms with E-state index in [2.05, 4.69) is 22.2 Å². The minimum absolute atomic E-state index is 0.231. The van der Waals surface area contributed by atoms with Gasteiger partial charge in [-0.3, -0.25) is 14.9 Å². The van der Waals surface area contributed by atoms with Gasteiger partial charge in [0.25, 0.3) is 5.91 Å². The van der Waals surface area contributed by atoms with E-state index in [0.29, 0.717) is 16.0 Å². The molecule has 0 atom stereocenters. The third kappa shape index (κ3) is 3.69. The van der Waals surface area contributed by atoms with Crippen LogP contribution in [-0.4, -0.2) is 16.8 Å². The monoisotopic (exact) mass is 359 g/mol. The van der Waals surface area contributed by atoms with Crippen molar-refractivity contribution in [3.8, 4) is 0 Å². The fourth-order valence-corrected chi connectivity index (χ4v) is 2.91. The van der Waals surface area contributed by atoms with Crippen molar-refractivity contribution in [1.82, 2.24) is 4.98 Å². The van der Waals surface area contributed by atoms with Gasteiger partial charge < -0.3 is 5.32 Å². The van der Waals surface area contributed by atoms with Gasteiger partial charge in [-0.2, -0.15) is 0 Å². The van der Waals surface area contributed by atoms with E-state index < -0.39 is 17.5 Å². The average molecular weight is 359 g/mol. The second-order valence-electron chi connectivity index (χ2n) is 4.98. The van der Waals surface area contributed by atoms with E-state index in [-0.39, 0.29) is 16.6 Å². The van der Waals surface area contributed by atoms with Gasteiger partial charge in [0.2, 0.25) is 5.91 Å². The number of rotatable bonds is 4. The SMILES string of the molecule is C=CC(=O)Nc1ccc(C(=O)Nc2nc3cc(F)c(F)cc3s2)cc1. The molecule has 1 aromatic heterocycles. The number of amides is 2. The molecule has 3 rings (SSSR count). The van der Waals surface area contributed by atoms with Gasteiger partial charge in [0.15, 0.2) is 16.8 Å². The molecule has 5 nitrogen and oxygen atoms in total. The van der Waals surface area contributed by atoms with Gasteiger partial charge in [-0.15, -0.1) is 0 Å². The zero-order chi connectivity index (χ0) is 18.0. The highest BCUT2D eigenvalue weighted by atomic mass is 32.1. The van der Waals surface area contributed by atoms with Crippen molar-refractivity contribution in [3.05, 3.63) is 66.3 Å². The molecule has 25 heavy (non-hydrogen) atoms. The Morgan fingerprint density at radius 2 is 1.76 bits per heavy atom. The third-order valence-electron chi connectivity index (χ3n) is 3.25. The van der Waals surface area contributed by atoms with Crippen molar-refractivity contribution in [2.45, 2.75) is 0 Å². The maximum Gasteiger partial charge on any atom is 0.257 e. The molecular formula is C17H11F2N3O2S. The standard InChI is InChI=1S/C17H11F2N3O2S/c1-2-15(23)20-10-5-3-9(4-6-10)16(24)22-17-21-13-7-11(18)12(19)8-14(13)25-17/h2-8H,1H2,(H,20,23)(H,21,22,24). The van der Waals surface area contributed by atoms with Crippen LogP contribution in [0.4, 0.5) is 19.6 Å². The van der Waals surface area contributed by atoms with Gasteiger partial charge in [-0.1, -0.05) is 17.9 Å². The Labute approximate surface area is 145 Å². The zero-order valence-electron chi connectivity index (χ0n) is 12.7. The number of benzene rings is 2. The summed E-state index contributed by atoms with van der Waals surface area (Å²) in [5, 5.41) is 5.37. The number of anilines is 2. The molecule has 0 aliphatic rings. The quantitative estimate of drug-likeness (QED) is 0.693. The van der Waals surface area contributed by atoms with E-state index in [4.69, 9.17) is 0 Å². The van der Waals surface area contributed by atoms with Gasteiger partial charge >= 0.3 is 0 Å². The summed E-state index contributed by atoms with van der Waals surface area (Å²) in [7, 11) is 0. The Balaban J connectivity index is 1.75. The number of aromatic nitrogens is 1. The fraction of sp³-hybridized carbons (Fsp3) is 0. The second-order valence-corrected chi connectivity index (χ2v) is 6.01. The summed E-state index contributed by atoms with van der Waals surface area (Å²) in [6, 6.07) is 8.21. The van der Waals surface area contributed by atoms with Crippen molar-refractivity contribution in [2.24, 2.45) is 0 Å². The molecule has 0 aliphatic heterocycles. The normalized spacial score (nSPS) is 10.5. The van der Waals surface area contributed by atoms with Crippen LogP contribution in [0.2, 0.25) is 0 Å².